The van der Waals surface area contributed by atoms with Gasteiger partial charge in [0.1, 0.15) is 35.8 Å². The predicted octanol–water partition coefficient (Wildman–Crippen LogP) is -0.815. The van der Waals surface area contributed by atoms with Gasteiger partial charge in [-0.2, -0.15) is 30.7 Å². The van der Waals surface area contributed by atoms with Crippen molar-refractivity contribution in [3.63, 3.8) is 0 Å². The van der Waals surface area contributed by atoms with E-state index in [0.717, 1.165) is 0 Å². The van der Waals surface area contributed by atoms with E-state index in [1.54, 1.807) is 77.9 Å². The van der Waals surface area contributed by atoms with E-state index in [1.807, 2.05) is 0 Å². The molecular formula is C40H36Cl6F2N10O4Zn2-2. The molecule has 4 aromatic carbocycles. The number of azo groups is 2. The molecule has 0 saturated carbocycles. The molecule has 0 amide bonds. The van der Waals surface area contributed by atoms with E-state index in [9.17, 15) is 18.4 Å². The number of ether oxygens (including phenoxy) is 2. The fourth-order valence-electron chi connectivity index (χ4n) is 4.45. The van der Waals surface area contributed by atoms with Crippen molar-refractivity contribution in [1.82, 2.24) is 30.4 Å². The molecule has 6 aromatic rings. The summed E-state index contributed by atoms with van der Waals surface area (Å²) < 4.78 is 37.5. The van der Waals surface area contributed by atoms with Gasteiger partial charge in [-0.15, -0.1) is 0 Å². The van der Waals surface area contributed by atoms with Crippen molar-refractivity contribution in [3.8, 4) is 11.5 Å². The van der Waals surface area contributed by atoms with E-state index in [2.05, 4.69) is 50.8 Å². The average Bonchev–Trinajstić information content (AvgIpc) is 3.92. The maximum absolute atomic E-state index is 12.9. The molecule has 2 aromatic heterocycles. The van der Waals surface area contributed by atoms with Crippen LogP contribution in [0.15, 0.2) is 118 Å². The Bertz CT molecular complexity index is 2220. The Labute approximate surface area is 428 Å². The Morgan fingerprint density at radius 3 is 1.11 bits per heavy atom. The Morgan fingerprint density at radius 2 is 0.844 bits per heavy atom. The van der Waals surface area contributed by atoms with Gasteiger partial charge in [0, 0.05) is 23.2 Å². The van der Waals surface area contributed by atoms with Crippen molar-refractivity contribution in [3.05, 3.63) is 143 Å². The average molecular weight is 1100 g/mol. The summed E-state index contributed by atoms with van der Waals surface area (Å²) >= 11 is 12.6. The van der Waals surface area contributed by atoms with Crippen LogP contribution >= 0.6 is 23.2 Å². The van der Waals surface area contributed by atoms with Gasteiger partial charge in [-0.1, -0.05) is 77.0 Å². The Kier molecular flexibility index (Phi) is 27.2. The Morgan fingerprint density at radius 1 is 0.547 bits per heavy atom. The molecule has 0 atom stereocenters. The fourth-order valence-corrected chi connectivity index (χ4v) is 4.88. The molecule has 0 aliphatic heterocycles. The van der Waals surface area contributed by atoms with Gasteiger partial charge in [-0.3, -0.25) is 10.2 Å². The van der Waals surface area contributed by atoms with E-state index < -0.39 is 10.8 Å². The molecular weight excluding hydrogens is 1070 g/mol. The number of aromatic nitrogens is 6. The number of nitrogens with one attached hydrogen (secondary N) is 2. The first-order valence-corrected chi connectivity index (χ1v) is 18.1. The molecule has 0 bridgehead atoms. The molecule has 0 spiro atoms. The van der Waals surface area contributed by atoms with Gasteiger partial charge in [-0.05, 0) is 95.8 Å². The van der Waals surface area contributed by atoms with Crippen LogP contribution in [0.5, 0.6) is 11.5 Å². The van der Waals surface area contributed by atoms with E-state index in [-0.39, 0.29) is 157 Å². The number of carbonyl (C=O) groups is 2. The number of benzene rings is 4. The van der Waals surface area contributed by atoms with Gasteiger partial charge >= 0.3 is 39.0 Å². The van der Waals surface area contributed by atoms with Crippen molar-refractivity contribution >= 4 is 57.5 Å². The minimum atomic E-state index is -0.697. The predicted molar refractivity (Wildman–Crippen MR) is 212 cm³/mol. The minimum absolute atomic E-state index is 0. The van der Waals surface area contributed by atoms with Gasteiger partial charge in [0.2, 0.25) is 0 Å². The van der Waals surface area contributed by atoms with Crippen LogP contribution < -0.4 is 59.1 Å². The van der Waals surface area contributed by atoms with E-state index in [4.69, 9.17) is 32.7 Å². The molecule has 14 nitrogen and oxygen atoms in total. The van der Waals surface area contributed by atoms with Crippen LogP contribution in [0.3, 0.4) is 0 Å². The molecule has 0 aliphatic carbocycles. The maximum atomic E-state index is 12.9. The standard InChI is InChI=1S/2C20H18ClFN5O2.4ClH.2Zn/c2*1-20(2,3)18(28)17(19-23-11-24-27-19)29-16-9-8-14(10-15(16)21)26-25-13-6-4-12(22)5-7-13;;;;;;/h2*4-11H,1-3H3,(H,23,24,27);4*1H;;/q2*-1;;;;;2*+2/p-4. The molecule has 0 radical (unpaired) electrons. The quantitative estimate of drug-likeness (QED) is 0.0906. The van der Waals surface area contributed by atoms with Gasteiger partial charge in [-0.25, -0.2) is 18.7 Å². The first kappa shape index (κ1) is 62.0. The summed E-state index contributed by atoms with van der Waals surface area (Å²) in [4.78, 5) is 33.6. The smallest absolute Gasteiger partial charge is 1.00 e. The number of ketones is 2. The van der Waals surface area contributed by atoms with Gasteiger partial charge in [0.15, 0.2) is 0 Å². The van der Waals surface area contributed by atoms with E-state index in [1.165, 1.54) is 61.2 Å². The summed E-state index contributed by atoms with van der Waals surface area (Å²) in [7, 11) is 0. The number of hydrogen-bond donors (Lipinski definition) is 2. The SMILES string of the molecule is CC(C)(C)C(=O)[C-](Oc1ccc(N=Nc2ccc(F)cc2)cc1Cl)c1ncn[nH]1.CC(C)(C)C(=O)[C-](Oc1ccc(N=Nc2ccc(F)cc2)cc1Cl)c1ncn[nH]1.[Cl-].[Cl-].[Cl-].[Cl-].[Zn+2].[Zn+2]. The van der Waals surface area contributed by atoms with Crippen LogP contribution in [0, 0.1) is 34.7 Å². The van der Waals surface area contributed by atoms with Crippen LogP contribution in [0.2, 0.25) is 10.0 Å². The second-order valence-corrected chi connectivity index (χ2v) is 15.1. The van der Waals surface area contributed by atoms with Crippen LogP contribution in [0.1, 0.15) is 53.2 Å². The number of carbonyl (C=O) groups excluding carboxylic acids is 2. The number of nitrogens with zero attached hydrogens (tertiary/aromatic N) is 8. The first-order chi connectivity index (χ1) is 27.5. The van der Waals surface area contributed by atoms with Crippen molar-refractivity contribution in [2.24, 2.45) is 31.3 Å². The molecule has 64 heavy (non-hydrogen) atoms. The van der Waals surface area contributed by atoms with Gasteiger partial charge in [0.05, 0.1) is 32.8 Å². The molecule has 2 heterocycles. The maximum Gasteiger partial charge on any atom is 2.00 e. The van der Waals surface area contributed by atoms with Crippen LogP contribution in [-0.4, -0.2) is 41.9 Å². The molecule has 0 unspecified atom stereocenters. The molecule has 24 heteroatoms. The number of rotatable bonds is 12. The van der Waals surface area contributed by atoms with E-state index in [0.29, 0.717) is 22.7 Å². The van der Waals surface area contributed by atoms with Crippen molar-refractivity contribution in [2.45, 2.75) is 41.5 Å². The Balaban J connectivity index is 0. The number of H-pyrrole nitrogens is 2. The zero-order chi connectivity index (χ0) is 42.0. The third kappa shape index (κ3) is 18.0. The molecule has 0 aliphatic rings. The van der Waals surface area contributed by atoms with Crippen molar-refractivity contribution in [2.75, 3.05) is 0 Å². The number of hydrogen-bond acceptors (Lipinski definition) is 12. The minimum Gasteiger partial charge on any atom is -1.00 e. The topological polar surface area (TPSA) is 185 Å². The van der Waals surface area contributed by atoms with Crippen LogP contribution in [-0.2, 0) is 48.5 Å². The summed E-state index contributed by atoms with van der Waals surface area (Å²) in [5.41, 5.74) is 0.541. The monoisotopic (exact) mass is 1100 g/mol. The zero-order valence-electron chi connectivity index (χ0n) is 34.9. The van der Waals surface area contributed by atoms with Crippen LogP contribution in [0.25, 0.3) is 0 Å². The number of aromatic amines is 2. The molecule has 0 saturated heterocycles. The molecule has 2 N–H and O–H groups in total. The summed E-state index contributed by atoms with van der Waals surface area (Å²) in [5, 5.41) is 29.5. The second-order valence-electron chi connectivity index (χ2n) is 14.3. The first-order valence-electron chi connectivity index (χ1n) is 17.3. The molecule has 332 valence electrons. The second kappa shape index (κ2) is 28.0. The van der Waals surface area contributed by atoms with Gasteiger partial charge in [0.25, 0.3) is 0 Å². The van der Waals surface area contributed by atoms with Crippen molar-refractivity contribution in [1.29, 1.82) is 0 Å². The summed E-state index contributed by atoms with van der Waals surface area (Å²) in [5.74, 6) is -0.278. The van der Waals surface area contributed by atoms with E-state index >= 15 is 0 Å². The molecule has 6 rings (SSSR count). The number of halogens is 8. The molecule has 0 fully saturated rings. The third-order valence-electron chi connectivity index (χ3n) is 7.51. The van der Waals surface area contributed by atoms with Crippen LogP contribution in [0.4, 0.5) is 31.5 Å². The van der Waals surface area contributed by atoms with Crippen molar-refractivity contribution < 1.29 is 116 Å². The summed E-state index contributed by atoms with van der Waals surface area (Å²) in [6.45, 7) is 10.6. The Hall–Kier alpha value is -4.11. The normalized spacial score (nSPS) is 10.5. The fraction of sp³-hybridized carbons (Fsp3) is 0.200. The number of Topliss-reactive ketones (excluding diaryl/α,β-unsaturated/α-hetero) is 2. The summed E-state index contributed by atoms with van der Waals surface area (Å²) in [6.07, 6.45) is 2.60. The summed E-state index contributed by atoms with van der Waals surface area (Å²) in [6, 6.07) is 20.7. The largest absolute Gasteiger partial charge is 2.00 e. The zero-order valence-corrected chi connectivity index (χ0v) is 45.4. The van der Waals surface area contributed by atoms with Gasteiger partial charge < -0.3 is 68.7 Å². The third-order valence-corrected chi connectivity index (χ3v) is 8.10.